The molecule has 13 heavy (non-hydrogen) atoms. The molecule has 1 rings (SSSR count). The molecule has 0 saturated heterocycles. The van der Waals surface area contributed by atoms with E-state index in [9.17, 15) is 0 Å². The molecular weight excluding hydrogens is 164 g/mol. The van der Waals surface area contributed by atoms with Crippen molar-refractivity contribution in [2.24, 2.45) is 11.0 Å². The summed E-state index contributed by atoms with van der Waals surface area (Å²) < 4.78 is 0. The zero-order valence-corrected chi connectivity index (χ0v) is 8.44. The van der Waals surface area contributed by atoms with Crippen molar-refractivity contribution < 1.29 is 0 Å². The minimum absolute atomic E-state index is 0.134. The van der Waals surface area contributed by atoms with Gasteiger partial charge < -0.3 is 0 Å². The molecule has 4 heteroatoms. The number of hydrogen-bond acceptors (Lipinski definition) is 4. The summed E-state index contributed by atoms with van der Waals surface area (Å²) in [5.74, 6) is 0.580. The summed E-state index contributed by atoms with van der Waals surface area (Å²) in [6, 6.07) is 0. The van der Waals surface area contributed by atoms with E-state index < -0.39 is 0 Å². The summed E-state index contributed by atoms with van der Waals surface area (Å²) in [6.45, 7) is 7.21. The first kappa shape index (κ1) is 9.85. The largest absolute Gasteiger partial charge is 0.272 e. The molecule has 0 aromatic carbocycles. The lowest BCUT2D eigenvalue weighted by atomic mass is 10.1. The van der Waals surface area contributed by atoms with Crippen LogP contribution in [0.2, 0.25) is 0 Å². The highest BCUT2D eigenvalue weighted by Crippen LogP contribution is 2.18. The molecule has 1 aliphatic heterocycles. The monoisotopic (exact) mass is 180 g/mol. The summed E-state index contributed by atoms with van der Waals surface area (Å²) in [7, 11) is 0. The Kier molecular flexibility index (Phi) is 3.13. The van der Waals surface area contributed by atoms with Gasteiger partial charge in [-0.25, -0.2) is 4.90 Å². The van der Waals surface area contributed by atoms with Crippen LogP contribution in [0.4, 0.5) is 0 Å². The van der Waals surface area contributed by atoms with Crippen molar-refractivity contribution >= 4 is 6.34 Å². The zero-order chi connectivity index (χ0) is 9.84. The molecule has 0 radical (unpaired) electrons. The summed E-state index contributed by atoms with van der Waals surface area (Å²) >= 11 is 0. The maximum Gasteiger partial charge on any atom is 0.187 e. The van der Waals surface area contributed by atoms with Crippen LogP contribution in [0.3, 0.4) is 0 Å². The third-order valence-corrected chi connectivity index (χ3v) is 2.11. The Balaban J connectivity index is 2.62. The van der Waals surface area contributed by atoms with Gasteiger partial charge in [0.15, 0.2) is 6.19 Å². The van der Waals surface area contributed by atoms with Crippen LogP contribution < -0.4 is 0 Å². The summed E-state index contributed by atoms with van der Waals surface area (Å²) in [5.41, 5.74) is 0. The first-order chi connectivity index (χ1) is 6.19. The van der Waals surface area contributed by atoms with E-state index in [1.807, 2.05) is 11.9 Å². The molecule has 1 atom stereocenters. The smallest absolute Gasteiger partial charge is 0.187 e. The van der Waals surface area contributed by atoms with Gasteiger partial charge in [-0.1, -0.05) is 13.8 Å². The third-order valence-electron chi connectivity index (χ3n) is 2.11. The molecule has 1 aliphatic rings. The maximum atomic E-state index is 8.82. The van der Waals surface area contributed by atoms with Crippen LogP contribution >= 0.6 is 0 Å². The maximum absolute atomic E-state index is 8.82. The van der Waals surface area contributed by atoms with E-state index in [1.165, 1.54) is 0 Å². The van der Waals surface area contributed by atoms with E-state index in [1.54, 1.807) is 11.2 Å². The fourth-order valence-electron chi connectivity index (χ4n) is 1.46. The quantitative estimate of drug-likeness (QED) is 0.617. The van der Waals surface area contributed by atoms with E-state index >= 15 is 0 Å². The molecule has 0 aliphatic carbocycles. The molecular formula is C9H16N4. The number of nitrogens with zero attached hydrogens (tertiary/aromatic N) is 4. The van der Waals surface area contributed by atoms with Gasteiger partial charge in [0.25, 0.3) is 0 Å². The van der Waals surface area contributed by atoms with Crippen LogP contribution in [0.15, 0.2) is 5.10 Å². The molecule has 0 bridgehead atoms. The topological polar surface area (TPSA) is 42.6 Å². The predicted molar refractivity (Wildman–Crippen MR) is 51.6 cm³/mol. The summed E-state index contributed by atoms with van der Waals surface area (Å²) in [5, 5.41) is 14.9. The van der Waals surface area contributed by atoms with Gasteiger partial charge in [-0.05, 0) is 19.3 Å². The second-order valence-corrected chi connectivity index (χ2v) is 3.60. The van der Waals surface area contributed by atoms with E-state index in [4.69, 9.17) is 5.26 Å². The Bertz CT molecular complexity index is 228. The van der Waals surface area contributed by atoms with Gasteiger partial charge in [0.05, 0.1) is 0 Å². The summed E-state index contributed by atoms with van der Waals surface area (Å²) in [6.07, 6.45) is 4.84. The van der Waals surface area contributed by atoms with Crippen molar-refractivity contribution in [3.05, 3.63) is 0 Å². The minimum atomic E-state index is 0.134. The number of hydrazone groups is 1. The van der Waals surface area contributed by atoms with Gasteiger partial charge in [-0.2, -0.15) is 10.4 Å². The van der Waals surface area contributed by atoms with Crippen molar-refractivity contribution in [3.63, 3.8) is 0 Å². The highest BCUT2D eigenvalue weighted by atomic mass is 15.6. The van der Waals surface area contributed by atoms with Crippen molar-refractivity contribution in [2.45, 2.75) is 33.4 Å². The van der Waals surface area contributed by atoms with E-state index in [-0.39, 0.29) is 6.17 Å². The molecule has 1 heterocycles. The van der Waals surface area contributed by atoms with Gasteiger partial charge in [0, 0.05) is 6.54 Å². The summed E-state index contributed by atoms with van der Waals surface area (Å²) in [4.78, 5) is 1.61. The average Bonchev–Trinajstić information content (AvgIpc) is 2.46. The lowest BCUT2D eigenvalue weighted by Gasteiger charge is -2.26. The third kappa shape index (κ3) is 2.11. The van der Waals surface area contributed by atoms with Crippen molar-refractivity contribution in [1.82, 2.24) is 9.91 Å². The first-order valence-corrected chi connectivity index (χ1v) is 4.67. The minimum Gasteiger partial charge on any atom is -0.272 e. The molecule has 0 N–H and O–H groups in total. The van der Waals surface area contributed by atoms with Crippen LogP contribution in [0.25, 0.3) is 0 Å². The molecule has 72 valence electrons. The van der Waals surface area contributed by atoms with Gasteiger partial charge in [-0.3, -0.25) is 5.01 Å². The van der Waals surface area contributed by atoms with Crippen molar-refractivity contribution in [3.8, 4) is 6.19 Å². The van der Waals surface area contributed by atoms with E-state index in [2.05, 4.69) is 25.1 Å². The SMILES string of the molecule is CCN1N=CN(C#N)C1CC(C)C. The fourth-order valence-corrected chi connectivity index (χ4v) is 1.46. The molecule has 0 saturated carbocycles. The second-order valence-electron chi connectivity index (χ2n) is 3.60. The second kappa shape index (κ2) is 4.13. The van der Waals surface area contributed by atoms with E-state index in [0.717, 1.165) is 13.0 Å². The molecule has 0 fully saturated rings. The fraction of sp³-hybridized carbons (Fsp3) is 0.778. The van der Waals surface area contributed by atoms with Crippen LogP contribution in [-0.2, 0) is 0 Å². The average molecular weight is 180 g/mol. The van der Waals surface area contributed by atoms with Gasteiger partial charge >= 0.3 is 0 Å². The number of rotatable bonds is 3. The Labute approximate surface area is 79.4 Å². The number of nitriles is 1. The van der Waals surface area contributed by atoms with Gasteiger partial charge in [0.1, 0.15) is 12.5 Å². The van der Waals surface area contributed by atoms with Crippen LogP contribution in [0.5, 0.6) is 0 Å². The van der Waals surface area contributed by atoms with Gasteiger partial charge in [0.2, 0.25) is 0 Å². The Morgan fingerprint density at radius 1 is 1.62 bits per heavy atom. The highest BCUT2D eigenvalue weighted by molar-refractivity contribution is 5.59. The van der Waals surface area contributed by atoms with E-state index in [0.29, 0.717) is 5.92 Å². The Morgan fingerprint density at radius 3 is 2.77 bits per heavy atom. The predicted octanol–water partition coefficient (Wildman–Crippen LogP) is 1.42. The Morgan fingerprint density at radius 2 is 2.31 bits per heavy atom. The van der Waals surface area contributed by atoms with Crippen LogP contribution in [0, 0.1) is 17.4 Å². The zero-order valence-electron chi connectivity index (χ0n) is 8.44. The van der Waals surface area contributed by atoms with Crippen molar-refractivity contribution in [1.29, 1.82) is 5.26 Å². The molecule has 0 aromatic rings. The normalized spacial score (nSPS) is 21.3. The standard InChI is InChI=1S/C9H16N4/c1-4-13-9(5-8(2)3)12(6-10)7-11-13/h7-9H,4-5H2,1-3H3. The van der Waals surface area contributed by atoms with Crippen LogP contribution in [-0.4, -0.2) is 29.0 Å². The molecule has 0 aromatic heterocycles. The van der Waals surface area contributed by atoms with Crippen molar-refractivity contribution in [2.75, 3.05) is 6.54 Å². The molecule has 0 spiro atoms. The number of hydrogen-bond donors (Lipinski definition) is 0. The molecule has 1 unspecified atom stereocenters. The Hall–Kier alpha value is -1.24. The van der Waals surface area contributed by atoms with Crippen LogP contribution in [0.1, 0.15) is 27.2 Å². The first-order valence-electron chi connectivity index (χ1n) is 4.67. The lowest BCUT2D eigenvalue weighted by molar-refractivity contribution is 0.145. The highest BCUT2D eigenvalue weighted by Gasteiger charge is 2.27. The van der Waals surface area contributed by atoms with Gasteiger partial charge in [-0.15, -0.1) is 0 Å². The molecule has 4 nitrogen and oxygen atoms in total. The molecule has 0 amide bonds. The lowest BCUT2D eigenvalue weighted by Crippen LogP contribution is -2.37.